The van der Waals surface area contributed by atoms with Gasteiger partial charge in [-0.2, -0.15) is 0 Å². The fraction of sp³-hybridized carbons (Fsp3) is 0.625. The number of hydrogen-bond donors (Lipinski definition) is 2. The van der Waals surface area contributed by atoms with Crippen molar-refractivity contribution in [3.63, 3.8) is 0 Å². The summed E-state index contributed by atoms with van der Waals surface area (Å²) in [5.74, 6) is -1.13. The van der Waals surface area contributed by atoms with Gasteiger partial charge in [-0.25, -0.2) is 4.79 Å². The molecule has 0 aliphatic carbocycles. The monoisotopic (exact) mass is 472 g/mol. The third-order valence-corrected chi connectivity index (χ3v) is 6.90. The summed E-state index contributed by atoms with van der Waals surface area (Å²) in [5.41, 5.74) is -1.37. The number of imide groups is 1. The lowest BCUT2D eigenvalue weighted by atomic mass is 9.68. The van der Waals surface area contributed by atoms with E-state index in [0.717, 1.165) is 0 Å². The van der Waals surface area contributed by atoms with E-state index in [1.165, 1.54) is 4.90 Å². The van der Waals surface area contributed by atoms with Gasteiger partial charge in [-0.3, -0.25) is 24.7 Å². The van der Waals surface area contributed by atoms with Crippen LogP contribution in [0.15, 0.2) is 12.1 Å². The predicted molar refractivity (Wildman–Crippen MR) is 120 cm³/mol. The standard InChI is InChI=1S/C24H32N4O6/c1-22(2,3)34-21(32)27-11-10-24(33,23(4,5)13-27)17-8-6-14-15(25-17)12-28(20(14)31)16-7-9-18(29)26-19(16)30/h6,8,16,33H,7,9-13H2,1-5H3,(H,26,29,30). The summed E-state index contributed by atoms with van der Waals surface area (Å²) in [6.45, 7) is 9.89. The molecule has 0 aromatic carbocycles. The fourth-order valence-corrected chi connectivity index (χ4v) is 4.95. The Morgan fingerprint density at radius 3 is 2.56 bits per heavy atom. The van der Waals surface area contributed by atoms with E-state index in [-0.39, 0.29) is 44.2 Å². The Balaban J connectivity index is 1.54. The quantitative estimate of drug-likeness (QED) is 0.627. The Bertz CT molecular complexity index is 1060. The third kappa shape index (κ3) is 4.15. The molecule has 2 atom stereocenters. The highest BCUT2D eigenvalue weighted by molar-refractivity contribution is 6.05. The molecular weight excluding hydrogens is 440 g/mol. The van der Waals surface area contributed by atoms with Crippen molar-refractivity contribution in [3.8, 4) is 0 Å². The number of aliphatic hydroxyl groups is 1. The largest absolute Gasteiger partial charge is 0.444 e. The van der Waals surface area contributed by atoms with Crippen molar-refractivity contribution in [2.75, 3.05) is 13.1 Å². The second-order valence-electron chi connectivity index (χ2n) is 11.0. The minimum atomic E-state index is -1.33. The zero-order chi connectivity index (χ0) is 25.1. The molecule has 2 N–H and O–H groups in total. The first kappa shape index (κ1) is 24.1. The van der Waals surface area contributed by atoms with Crippen molar-refractivity contribution in [1.29, 1.82) is 0 Å². The molecule has 1 aromatic heterocycles. The second kappa shape index (κ2) is 8.04. The molecule has 184 valence electrons. The Morgan fingerprint density at radius 1 is 1.24 bits per heavy atom. The van der Waals surface area contributed by atoms with E-state index in [1.807, 2.05) is 34.6 Å². The van der Waals surface area contributed by atoms with Crippen LogP contribution in [0.25, 0.3) is 0 Å². The summed E-state index contributed by atoms with van der Waals surface area (Å²) >= 11 is 0. The van der Waals surface area contributed by atoms with Gasteiger partial charge in [0.15, 0.2) is 0 Å². The van der Waals surface area contributed by atoms with Crippen LogP contribution in [-0.4, -0.2) is 68.4 Å². The third-order valence-electron chi connectivity index (χ3n) is 6.90. The summed E-state index contributed by atoms with van der Waals surface area (Å²) < 4.78 is 5.49. The van der Waals surface area contributed by atoms with Crippen LogP contribution in [0.3, 0.4) is 0 Å². The van der Waals surface area contributed by atoms with Gasteiger partial charge in [-0.1, -0.05) is 13.8 Å². The van der Waals surface area contributed by atoms with E-state index in [1.54, 1.807) is 17.0 Å². The van der Waals surface area contributed by atoms with Crippen LogP contribution in [-0.2, 0) is 26.5 Å². The van der Waals surface area contributed by atoms with Gasteiger partial charge in [0, 0.05) is 31.3 Å². The van der Waals surface area contributed by atoms with Crippen molar-refractivity contribution in [1.82, 2.24) is 20.1 Å². The Labute approximate surface area is 198 Å². The summed E-state index contributed by atoms with van der Waals surface area (Å²) in [5, 5.41) is 14.0. The highest BCUT2D eigenvalue weighted by atomic mass is 16.6. The predicted octanol–water partition coefficient (Wildman–Crippen LogP) is 1.70. The maximum absolute atomic E-state index is 13.0. The molecule has 2 fully saturated rings. The number of amides is 4. The number of pyridine rings is 1. The normalized spacial score (nSPS) is 26.9. The van der Waals surface area contributed by atoms with Crippen LogP contribution in [0.1, 0.15) is 75.6 Å². The summed E-state index contributed by atoms with van der Waals surface area (Å²) in [7, 11) is 0. The first-order valence-corrected chi connectivity index (χ1v) is 11.6. The number of carbonyl (C=O) groups excluding carboxylic acids is 4. The zero-order valence-electron chi connectivity index (χ0n) is 20.3. The highest BCUT2D eigenvalue weighted by Gasteiger charge is 2.52. The molecule has 4 rings (SSSR count). The van der Waals surface area contributed by atoms with Gasteiger partial charge in [0.25, 0.3) is 5.91 Å². The lowest BCUT2D eigenvalue weighted by Gasteiger charge is -2.49. The van der Waals surface area contributed by atoms with Crippen LogP contribution in [0, 0.1) is 5.41 Å². The molecule has 1 aromatic rings. The van der Waals surface area contributed by atoms with Gasteiger partial charge in [-0.15, -0.1) is 0 Å². The van der Waals surface area contributed by atoms with Crippen molar-refractivity contribution < 1.29 is 29.0 Å². The molecule has 4 heterocycles. The molecule has 10 nitrogen and oxygen atoms in total. The number of aromatic nitrogens is 1. The van der Waals surface area contributed by atoms with Crippen LogP contribution < -0.4 is 5.32 Å². The number of nitrogens with one attached hydrogen (secondary N) is 1. The van der Waals surface area contributed by atoms with Gasteiger partial charge in [0.1, 0.15) is 17.2 Å². The second-order valence-corrected chi connectivity index (χ2v) is 11.0. The number of piperidine rings is 2. The smallest absolute Gasteiger partial charge is 0.410 e. The minimum Gasteiger partial charge on any atom is -0.444 e. The molecule has 0 bridgehead atoms. The van der Waals surface area contributed by atoms with Crippen LogP contribution in [0.5, 0.6) is 0 Å². The average molecular weight is 473 g/mol. The molecule has 2 unspecified atom stereocenters. The Kier molecular flexibility index (Phi) is 5.70. The maximum atomic E-state index is 13.0. The van der Waals surface area contributed by atoms with Crippen molar-refractivity contribution in [2.45, 2.75) is 77.7 Å². The summed E-state index contributed by atoms with van der Waals surface area (Å²) in [6.07, 6.45) is 0.289. The molecule has 4 amide bonds. The molecule has 0 saturated carbocycles. The van der Waals surface area contributed by atoms with Gasteiger partial charge in [-0.05, 0) is 39.3 Å². The number of hydrogen-bond acceptors (Lipinski definition) is 7. The number of carbonyl (C=O) groups is 4. The van der Waals surface area contributed by atoms with Gasteiger partial charge < -0.3 is 19.6 Å². The molecule has 0 spiro atoms. The maximum Gasteiger partial charge on any atom is 0.410 e. The molecule has 3 aliphatic heterocycles. The van der Waals surface area contributed by atoms with E-state index in [0.29, 0.717) is 23.5 Å². The minimum absolute atomic E-state index is 0.134. The van der Waals surface area contributed by atoms with Gasteiger partial charge in [0.2, 0.25) is 11.8 Å². The lowest BCUT2D eigenvalue weighted by Crippen LogP contribution is -2.57. The molecular formula is C24H32N4O6. The van der Waals surface area contributed by atoms with E-state index in [9.17, 15) is 24.3 Å². The van der Waals surface area contributed by atoms with E-state index in [2.05, 4.69) is 10.3 Å². The summed E-state index contributed by atoms with van der Waals surface area (Å²) in [6, 6.07) is 2.56. The first-order chi connectivity index (χ1) is 15.7. The average Bonchev–Trinajstić information content (AvgIpc) is 3.04. The fourth-order valence-electron chi connectivity index (χ4n) is 4.95. The summed E-state index contributed by atoms with van der Waals surface area (Å²) in [4.78, 5) is 57.0. The van der Waals surface area contributed by atoms with Gasteiger partial charge >= 0.3 is 6.09 Å². The van der Waals surface area contributed by atoms with Gasteiger partial charge in [0.05, 0.1) is 23.5 Å². The van der Waals surface area contributed by atoms with Crippen LogP contribution >= 0.6 is 0 Å². The molecule has 3 aliphatic rings. The topological polar surface area (TPSA) is 129 Å². The Morgan fingerprint density at radius 2 is 1.94 bits per heavy atom. The molecule has 34 heavy (non-hydrogen) atoms. The Hall–Kier alpha value is -3.01. The zero-order valence-corrected chi connectivity index (χ0v) is 20.3. The first-order valence-electron chi connectivity index (χ1n) is 11.6. The number of nitrogens with zero attached hydrogens (tertiary/aromatic N) is 3. The lowest BCUT2D eigenvalue weighted by molar-refractivity contribution is -0.137. The van der Waals surface area contributed by atoms with E-state index < -0.39 is 34.7 Å². The SMILES string of the molecule is CC(C)(C)OC(=O)N1CCC(O)(c2ccc3c(n2)CN(C2CCC(=O)NC2=O)C3=O)C(C)(C)C1. The van der Waals surface area contributed by atoms with Crippen molar-refractivity contribution >= 4 is 23.8 Å². The number of likely N-dealkylation sites (tertiary alicyclic amines) is 1. The number of ether oxygens (including phenoxy) is 1. The molecule has 0 radical (unpaired) electrons. The van der Waals surface area contributed by atoms with Crippen LogP contribution in [0.2, 0.25) is 0 Å². The number of rotatable bonds is 2. The molecule has 10 heteroatoms. The van der Waals surface area contributed by atoms with E-state index in [4.69, 9.17) is 4.74 Å². The number of fused-ring (bicyclic) bond motifs is 1. The highest BCUT2D eigenvalue weighted by Crippen LogP contribution is 2.46. The van der Waals surface area contributed by atoms with Crippen molar-refractivity contribution in [2.24, 2.45) is 5.41 Å². The van der Waals surface area contributed by atoms with Crippen molar-refractivity contribution in [3.05, 3.63) is 29.1 Å². The van der Waals surface area contributed by atoms with Crippen LogP contribution in [0.4, 0.5) is 4.79 Å². The molecule has 2 saturated heterocycles. The van der Waals surface area contributed by atoms with E-state index >= 15 is 0 Å².